The van der Waals surface area contributed by atoms with Gasteiger partial charge in [0.15, 0.2) is 0 Å². The zero-order valence-corrected chi connectivity index (χ0v) is 15.9. The number of rotatable bonds is 7. The number of carbonyl (C=O) groups excluding carboxylic acids is 1. The van der Waals surface area contributed by atoms with Crippen LogP contribution in [0.3, 0.4) is 0 Å². The first-order valence-corrected chi connectivity index (χ1v) is 9.17. The monoisotopic (exact) mass is 393 g/mol. The number of carbonyl (C=O) groups is 1. The summed E-state index contributed by atoms with van der Waals surface area (Å²) in [6.07, 6.45) is 3.87. The van der Waals surface area contributed by atoms with E-state index in [-0.39, 0.29) is 24.8 Å². The maximum absolute atomic E-state index is 12.4. The van der Waals surface area contributed by atoms with Gasteiger partial charge in [0.05, 0.1) is 24.4 Å². The summed E-state index contributed by atoms with van der Waals surface area (Å²) in [5.74, 6) is -0.281. The Morgan fingerprint density at radius 2 is 1.75 bits per heavy atom. The van der Waals surface area contributed by atoms with Crippen LogP contribution in [0.5, 0.6) is 0 Å². The number of hydrogen-bond donors (Lipinski definition) is 3. The summed E-state index contributed by atoms with van der Waals surface area (Å²) < 4.78 is 0. The third-order valence-electron chi connectivity index (χ3n) is 4.27. The summed E-state index contributed by atoms with van der Waals surface area (Å²) in [4.78, 5) is 16.6. The molecule has 0 fully saturated rings. The molecule has 1 amide bonds. The molecular weight excluding hydrogens is 374 g/mol. The number of nitrogens with one attached hydrogen (secondary N) is 2. The van der Waals surface area contributed by atoms with Gasteiger partial charge in [-0.2, -0.15) is 0 Å². The smallest absolute Gasteiger partial charge is 0.253 e. The number of aliphatic hydroxyl groups is 1. The molecule has 1 aromatic heterocycles. The molecule has 0 atom stereocenters. The highest BCUT2D eigenvalue weighted by Gasteiger charge is 2.09. The van der Waals surface area contributed by atoms with Crippen LogP contribution >= 0.6 is 11.6 Å². The van der Waals surface area contributed by atoms with E-state index < -0.39 is 0 Å². The number of benzene rings is 2. The van der Waals surface area contributed by atoms with E-state index in [1.807, 2.05) is 24.3 Å². The molecule has 28 heavy (non-hydrogen) atoms. The zero-order chi connectivity index (χ0) is 19.9. The topological polar surface area (TPSA) is 86.1 Å². The van der Waals surface area contributed by atoms with Crippen molar-refractivity contribution in [2.24, 2.45) is 0 Å². The van der Waals surface area contributed by atoms with Crippen molar-refractivity contribution in [1.82, 2.24) is 10.3 Å². The fourth-order valence-corrected chi connectivity index (χ4v) is 2.95. The minimum atomic E-state index is -0.281. The van der Waals surface area contributed by atoms with E-state index in [1.54, 1.807) is 36.5 Å². The standard InChI is InChI=1S/C22H20ClN3O2/c23-20-3-1-2-18(10-20)21(24)13-26-22(28)19-9-17(11-25-12-19)8-15-4-6-16(14-27)7-5-15/h1-7,9-12,24,27H,8,13-14H2,(H,26,28). The van der Waals surface area contributed by atoms with Gasteiger partial charge in [0.1, 0.15) is 0 Å². The maximum atomic E-state index is 12.4. The summed E-state index contributed by atoms with van der Waals surface area (Å²) in [5.41, 5.74) is 4.24. The first-order chi connectivity index (χ1) is 13.5. The molecule has 0 aliphatic rings. The van der Waals surface area contributed by atoms with Crippen molar-refractivity contribution >= 4 is 23.2 Å². The Labute approximate surface area is 168 Å². The van der Waals surface area contributed by atoms with E-state index in [9.17, 15) is 4.79 Å². The second-order valence-corrected chi connectivity index (χ2v) is 6.84. The average molecular weight is 394 g/mol. The normalized spacial score (nSPS) is 10.5. The third-order valence-corrected chi connectivity index (χ3v) is 4.50. The van der Waals surface area contributed by atoms with Gasteiger partial charge in [-0.1, -0.05) is 48.0 Å². The van der Waals surface area contributed by atoms with E-state index in [0.717, 1.165) is 16.7 Å². The largest absolute Gasteiger partial charge is 0.392 e. The van der Waals surface area contributed by atoms with Crippen LogP contribution in [0.2, 0.25) is 5.02 Å². The van der Waals surface area contributed by atoms with Crippen LogP contribution in [0.4, 0.5) is 0 Å². The van der Waals surface area contributed by atoms with Gasteiger partial charge in [-0.25, -0.2) is 0 Å². The van der Waals surface area contributed by atoms with E-state index in [1.165, 1.54) is 6.20 Å². The van der Waals surface area contributed by atoms with Crippen molar-refractivity contribution in [1.29, 1.82) is 5.41 Å². The molecule has 3 N–H and O–H groups in total. The number of aromatic nitrogens is 1. The van der Waals surface area contributed by atoms with Crippen LogP contribution in [-0.2, 0) is 13.0 Å². The quantitative estimate of drug-likeness (QED) is 0.536. The molecule has 0 bridgehead atoms. The number of aliphatic hydroxyl groups excluding tert-OH is 1. The van der Waals surface area contributed by atoms with Crippen molar-refractivity contribution in [3.8, 4) is 0 Å². The zero-order valence-electron chi connectivity index (χ0n) is 15.2. The Bertz CT molecular complexity index is 987. The number of amides is 1. The third kappa shape index (κ3) is 5.25. The molecule has 0 saturated carbocycles. The van der Waals surface area contributed by atoms with Crippen molar-refractivity contribution in [2.75, 3.05) is 6.54 Å². The number of pyridine rings is 1. The van der Waals surface area contributed by atoms with Crippen LogP contribution in [-0.4, -0.2) is 28.3 Å². The van der Waals surface area contributed by atoms with Crippen LogP contribution in [0, 0.1) is 5.41 Å². The van der Waals surface area contributed by atoms with E-state index in [0.29, 0.717) is 22.6 Å². The van der Waals surface area contributed by atoms with E-state index in [2.05, 4.69) is 10.3 Å². The SMILES string of the molecule is N=C(CNC(=O)c1cncc(Cc2ccc(CO)cc2)c1)c1cccc(Cl)c1. The van der Waals surface area contributed by atoms with Gasteiger partial charge >= 0.3 is 0 Å². The lowest BCUT2D eigenvalue weighted by Crippen LogP contribution is -2.29. The lowest BCUT2D eigenvalue weighted by atomic mass is 10.0. The van der Waals surface area contributed by atoms with Crippen LogP contribution in [0.15, 0.2) is 67.0 Å². The van der Waals surface area contributed by atoms with Gasteiger partial charge < -0.3 is 15.8 Å². The molecule has 0 radical (unpaired) electrons. The predicted molar refractivity (Wildman–Crippen MR) is 110 cm³/mol. The molecule has 1 heterocycles. The van der Waals surface area contributed by atoms with Crippen LogP contribution < -0.4 is 5.32 Å². The summed E-state index contributed by atoms with van der Waals surface area (Å²) >= 11 is 5.94. The summed E-state index contributed by atoms with van der Waals surface area (Å²) in [6, 6.07) is 16.4. The summed E-state index contributed by atoms with van der Waals surface area (Å²) in [7, 11) is 0. The van der Waals surface area contributed by atoms with Crippen molar-refractivity contribution in [3.05, 3.63) is 99.8 Å². The molecule has 0 unspecified atom stereocenters. The molecule has 3 aromatic rings. The average Bonchev–Trinajstić information content (AvgIpc) is 2.72. The molecule has 0 aliphatic carbocycles. The molecule has 3 rings (SSSR count). The predicted octanol–water partition coefficient (Wildman–Crippen LogP) is 3.62. The number of hydrogen-bond acceptors (Lipinski definition) is 4. The van der Waals surface area contributed by atoms with Gasteiger partial charge in [0.2, 0.25) is 0 Å². The first kappa shape index (κ1) is 19.7. The van der Waals surface area contributed by atoms with Gasteiger partial charge in [-0.05, 0) is 46.9 Å². The minimum absolute atomic E-state index is 0.0156. The van der Waals surface area contributed by atoms with E-state index >= 15 is 0 Å². The minimum Gasteiger partial charge on any atom is -0.392 e. The molecule has 142 valence electrons. The number of nitrogens with zero attached hydrogens (tertiary/aromatic N) is 1. The molecule has 5 nitrogen and oxygen atoms in total. The van der Waals surface area contributed by atoms with Crippen molar-refractivity contribution < 1.29 is 9.90 Å². The Balaban J connectivity index is 1.62. The fraction of sp³-hybridized carbons (Fsp3) is 0.136. The molecule has 0 spiro atoms. The molecular formula is C22H20ClN3O2. The highest BCUT2D eigenvalue weighted by molar-refractivity contribution is 6.31. The Hall–Kier alpha value is -3.02. The highest BCUT2D eigenvalue weighted by Crippen LogP contribution is 2.13. The lowest BCUT2D eigenvalue weighted by molar-refractivity contribution is 0.0959. The second-order valence-electron chi connectivity index (χ2n) is 6.40. The molecule has 6 heteroatoms. The Kier molecular flexibility index (Phi) is 6.53. The van der Waals surface area contributed by atoms with Crippen molar-refractivity contribution in [2.45, 2.75) is 13.0 Å². The maximum Gasteiger partial charge on any atom is 0.253 e. The van der Waals surface area contributed by atoms with E-state index in [4.69, 9.17) is 22.1 Å². The van der Waals surface area contributed by atoms with Gasteiger partial charge in [-0.15, -0.1) is 0 Å². The van der Waals surface area contributed by atoms with Crippen LogP contribution in [0.1, 0.15) is 32.6 Å². The highest BCUT2D eigenvalue weighted by atomic mass is 35.5. The lowest BCUT2D eigenvalue weighted by Gasteiger charge is -2.09. The summed E-state index contributed by atoms with van der Waals surface area (Å²) in [6.45, 7) is 0.119. The van der Waals surface area contributed by atoms with Crippen LogP contribution in [0.25, 0.3) is 0 Å². The van der Waals surface area contributed by atoms with Gasteiger partial charge in [0.25, 0.3) is 5.91 Å². The summed E-state index contributed by atoms with van der Waals surface area (Å²) in [5, 5.41) is 20.5. The Morgan fingerprint density at radius 1 is 1.00 bits per heavy atom. The van der Waals surface area contributed by atoms with Gasteiger partial charge in [0, 0.05) is 17.4 Å². The van der Waals surface area contributed by atoms with Gasteiger partial charge in [-0.3, -0.25) is 9.78 Å². The number of halogens is 1. The molecule has 2 aromatic carbocycles. The van der Waals surface area contributed by atoms with Crippen molar-refractivity contribution in [3.63, 3.8) is 0 Å². The first-order valence-electron chi connectivity index (χ1n) is 8.79. The second kappa shape index (κ2) is 9.26. The Morgan fingerprint density at radius 3 is 2.46 bits per heavy atom. The molecule has 0 aliphatic heterocycles. The molecule has 0 saturated heterocycles. The fourth-order valence-electron chi connectivity index (χ4n) is 2.76.